The monoisotopic (exact) mass is 1060 g/mol. The summed E-state index contributed by atoms with van der Waals surface area (Å²) in [6, 6.07) is 0.207. The van der Waals surface area contributed by atoms with E-state index in [0.717, 1.165) is 57.1 Å². The molecule has 2 fully saturated rings. The van der Waals surface area contributed by atoms with Crippen LogP contribution in [0.1, 0.15) is 245 Å². The maximum absolute atomic E-state index is 12.9. The maximum Gasteiger partial charge on any atom is 0.472 e. The molecule has 0 aliphatic carbocycles. The molecule has 420 valence electrons. The van der Waals surface area contributed by atoms with Crippen molar-refractivity contribution in [3.8, 4) is 0 Å². The SMILES string of the molecule is CCCCCCCCCCCCCCCCCC(=O)OC[C@H](COP(=O)(O)OCCNC(=O)OCCNC(=O)CCCC[C@@H]1SC[C@@H]2NC(=O)N[C@@H]21)OC(=O)CCCCCCCCCCCCCCCCC. The van der Waals surface area contributed by atoms with Crippen molar-refractivity contribution in [2.75, 3.05) is 45.3 Å². The number of esters is 2. The van der Waals surface area contributed by atoms with Gasteiger partial charge in [0, 0.05) is 36.8 Å². The number of hydrogen-bond acceptors (Lipinski definition) is 12. The summed E-state index contributed by atoms with van der Waals surface area (Å²) in [6.45, 7) is 3.14. The summed E-state index contributed by atoms with van der Waals surface area (Å²) >= 11 is 1.84. The second-order valence-electron chi connectivity index (χ2n) is 20.1. The molecule has 0 spiro atoms. The topological polar surface area (TPSA) is 217 Å². The molecule has 2 aliphatic heterocycles. The number of phosphoric ester groups is 1. The van der Waals surface area contributed by atoms with Crippen LogP contribution < -0.4 is 21.3 Å². The van der Waals surface area contributed by atoms with Crippen LogP contribution in [0.25, 0.3) is 0 Å². The minimum atomic E-state index is -4.65. The third-order valence-electron chi connectivity index (χ3n) is 13.5. The van der Waals surface area contributed by atoms with Crippen LogP contribution in [0, 0.1) is 0 Å². The Morgan fingerprint density at radius 3 is 1.58 bits per heavy atom. The highest BCUT2D eigenvalue weighted by atomic mass is 32.2. The van der Waals surface area contributed by atoms with E-state index in [-0.39, 0.29) is 69.8 Å². The first kappa shape index (κ1) is 65.5. The van der Waals surface area contributed by atoms with Gasteiger partial charge in [0.1, 0.15) is 13.2 Å². The smallest absolute Gasteiger partial charge is 0.462 e. The Bertz CT molecular complexity index is 1470. The summed E-state index contributed by atoms with van der Waals surface area (Å²) in [6.07, 6.45) is 37.8. The molecule has 0 bridgehead atoms. The number of ether oxygens (including phenoxy) is 3. The Kier molecular flexibility index (Phi) is 40.7. The van der Waals surface area contributed by atoms with E-state index >= 15 is 0 Å². The molecule has 2 aliphatic rings. The van der Waals surface area contributed by atoms with E-state index in [9.17, 15) is 33.4 Å². The number of fused-ring (bicyclic) bond motifs is 1. The normalized spacial score (nSPS) is 17.4. The molecule has 5 N–H and O–H groups in total. The van der Waals surface area contributed by atoms with Gasteiger partial charge in [-0.05, 0) is 25.7 Å². The highest BCUT2D eigenvalue weighted by Gasteiger charge is 2.42. The molecule has 0 saturated carbocycles. The van der Waals surface area contributed by atoms with Crippen molar-refractivity contribution >= 4 is 49.6 Å². The Hall–Kier alpha value is -2.59. The third-order valence-corrected chi connectivity index (χ3v) is 16.0. The summed E-state index contributed by atoms with van der Waals surface area (Å²) in [4.78, 5) is 71.8. The van der Waals surface area contributed by atoms with Crippen LogP contribution in [0.15, 0.2) is 0 Å². The van der Waals surface area contributed by atoms with E-state index in [0.29, 0.717) is 30.9 Å². The minimum Gasteiger partial charge on any atom is -0.462 e. The number of nitrogens with one attached hydrogen (secondary N) is 4. The number of rotatable bonds is 50. The average molecular weight is 1060 g/mol. The first-order chi connectivity index (χ1) is 35.0. The lowest BCUT2D eigenvalue weighted by Gasteiger charge is -2.20. The Morgan fingerprint density at radius 2 is 1.06 bits per heavy atom. The quantitative estimate of drug-likeness (QED) is 0.0126. The Balaban J connectivity index is 1.61. The van der Waals surface area contributed by atoms with Gasteiger partial charge >= 0.3 is 31.9 Å². The van der Waals surface area contributed by atoms with Crippen molar-refractivity contribution in [1.29, 1.82) is 0 Å². The molecule has 18 heteroatoms. The fraction of sp³-hybridized carbons (Fsp3) is 0.907. The fourth-order valence-corrected chi connectivity index (χ4v) is 11.5. The average Bonchev–Trinajstić information content (AvgIpc) is 3.92. The Morgan fingerprint density at radius 1 is 0.583 bits per heavy atom. The number of urea groups is 1. The first-order valence-electron chi connectivity index (χ1n) is 28.9. The van der Waals surface area contributed by atoms with Gasteiger partial charge in [-0.1, -0.05) is 200 Å². The van der Waals surface area contributed by atoms with Gasteiger partial charge in [-0.15, -0.1) is 0 Å². The first-order valence-corrected chi connectivity index (χ1v) is 31.4. The molecule has 16 nitrogen and oxygen atoms in total. The van der Waals surface area contributed by atoms with Crippen molar-refractivity contribution in [2.24, 2.45) is 0 Å². The lowest BCUT2D eigenvalue weighted by atomic mass is 10.0. The number of amides is 4. The molecule has 0 aromatic heterocycles. The van der Waals surface area contributed by atoms with Crippen LogP contribution >= 0.6 is 19.6 Å². The van der Waals surface area contributed by atoms with Crippen molar-refractivity contribution in [3.63, 3.8) is 0 Å². The van der Waals surface area contributed by atoms with E-state index in [1.807, 2.05) is 11.8 Å². The third kappa shape index (κ3) is 37.2. The van der Waals surface area contributed by atoms with Crippen molar-refractivity contribution in [1.82, 2.24) is 21.3 Å². The van der Waals surface area contributed by atoms with Gasteiger partial charge in [-0.3, -0.25) is 23.4 Å². The summed E-state index contributed by atoms with van der Waals surface area (Å²) in [5.41, 5.74) is 0. The summed E-state index contributed by atoms with van der Waals surface area (Å²) in [7, 11) is -4.65. The maximum atomic E-state index is 12.9. The number of unbranched alkanes of at least 4 members (excludes halogenated alkanes) is 29. The largest absolute Gasteiger partial charge is 0.472 e. The van der Waals surface area contributed by atoms with Gasteiger partial charge in [0.05, 0.1) is 31.8 Å². The minimum absolute atomic E-state index is 0.0713. The second kappa shape index (κ2) is 44.7. The van der Waals surface area contributed by atoms with Gasteiger partial charge in [0.2, 0.25) is 5.91 Å². The number of phosphoric acid groups is 1. The molecule has 4 amide bonds. The van der Waals surface area contributed by atoms with Crippen LogP contribution in [0.5, 0.6) is 0 Å². The highest BCUT2D eigenvalue weighted by Crippen LogP contribution is 2.43. The standard InChI is InChI=1S/C54H101N4O12PS/c1-3-5-7-9-11-13-15-17-19-21-23-25-27-29-31-37-50(60)67-43-46(70-51(61)38-32-30-28-26-24-22-20-18-16-14-12-10-8-6-4-2)44-69-71(64,65)68-42-40-56-54(63)66-41-39-55-49(59)36-34-33-35-48-52-47(45-72-48)57-53(62)58-52/h46-48,52H,3-45H2,1-2H3,(H,55,59)(H,56,63)(H,64,65)(H2,57,58,62)/t46-,47+,48+,52+/m1/s1. The zero-order chi connectivity index (χ0) is 52.2. The predicted molar refractivity (Wildman–Crippen MR) is 288 cm³/mol. The molecule has 2 saturated heterocycles. The van der Waals surface area contributed by atoms with Gasteiger partial charge in [0.15, 0.2) is 6.10 Å². The van der Waals surface area contributed by atoms with E-state index in [2.05, 4.69) is 35.1 Å². The molecule has 0 radical (unpaired) electrons. The van der Waals surface area contributed by atoms with Crippen molar-refractivity contribution < 1.29 is 56.7 Å². The summed E-state index contributed by atoms with van der Waals surface area (Å²) in [5, 5.41) is 11.4. The molecule has 2 rings (SSSR count). The van der Waals surface area contributed by atoms with Crippen molar-refractivity contribution in [3.05, 3.63) is 0 Å². The molecule has 0 aromatic rings. The van der Waals surface area contributed by atoms with Crippen LogP contribution in [-0.4, -0.2) is 104 Å². The molecule has 2 heterocycles. The fourth-order valence-electron chi connectivity index (χ4n) is 9.18. The number of alkyl carbamates (subject to hydrolysis) is 1. The van der Waals surface area contributed by atoms with E-state index in [1.54, 1.807) is 0 Å². The summed E-state index contributed by atoms with van der Waals surface area (Å²) in [5.74, 6) is -0.184. The van der Waals surface area contributed by atoms with Crippen LogP contribution in [0.4, 0.5) is 9.59 Å². The predicted octanol–water partition coefficient (Wildman–Crippen LogP) is 12.7. The van der Waals surface area contributed by atoms with Crippen molar-refractivity contribution in [2.45, 2.75) is 268 Å². The molecule has 1 unspecified atom stereocenters. The van der Waals surface area contributed by atoms with E-state index in [1.165, 1.54) is 141 Å². The second-order valence-corrected chi connectivity index (χ2v) is 22.8. The van der Waals surface area contributed by atoms with Gasteiger partial charge in [0.25, 0.3) is 0 Å². The summed E-state index contributed by atoms with van der Waals surface area (Å²) < 4.78 is 39.0. The molecular formula is C54H101N4O12PS. The zero-order valence-corrected chi connectivity index (χ0v) is 46.7. The molecule has 72 heavy (non-hydrogen) atoms. The number of carbonyl (C=O) groups excluding carboxylic acids is 5. The van der Waals surface area contributed by atoms with E-state index < -0.39 is 38.6 Å². The highest BCUT2D eigenvalue weighted by molar-refractivity contribution is 8.00. The lowest BCUT2D eigenvalue weighted by molar-refractivity contribution is -0.161. The number of hydrogen-bond donors (Lipinski definition) is 5. The van der Waals surface area contributed by atoms with Gasteiger partial charge in [-0.2, -0.15) is 11.8 Å². The lowest BCUT2D eigenvalue weighted by Crippen LogP contribution is -2.36. The van der Waals surface area contributed by atoms with E-state index in [4.69, 9.17) is 23.3 Å². The van der Waals surface area contributed by atoms with Crippen LogP contribution in [0.3, 0.4) is 0 Å². The zero-order valence-electron chi connectivity index (χ0n) is 45.0. The van der Waals surface area contributed by atoms with Gasteiger partial charge in [-0.25, -0.2) is 14.2 Å². The Labute approximate surface area is 439 Å². The molecule has 5 atom stereocenters. The molecular weight excluding hydrogens is 960 g/mol. The molecule has 0 aromatic carbocycles. The number of carbonyl (C=O) groups is 5. The van der Waals surface area contributed by atoms with Crippen LogP contribution in [-0.2, 0) is 42.2 Å². The van der Waals surface area contributed by atoms with Gasteiger partial charge < -0.3 is 40.4 Å². The van der Waals surface area contributed by atoms with Crippen LogP contribution in [0.2, 0.25) is 0 Å². The number of thioether (sulfide) groups is 1.